The zero-order valence-corrected chi connectivity index (χ0v) is 13.2. The van der Waals surface area contributed by atoms with Crippen LogP contribution >= 0.6 is 0 Å². The summed E-state index contributed by atoms with van der Waals surface area (Å²) in [6.07, 6.45) is 0.857. The number of benzene rings is 1. The van der Waals surface area contributed by atoms with E-state index in [0.29, 0.717) is 12.2 Å². The van der Waals surface area contributed by atoms with Gasteiger partial charge in [0.05, 0.1) is 5.52 Å². The summed E-state index contributed by atoms with van der Waals surface area (Å²) in [7, 11) is 1.84. The van der Waals surface area contributed by atoms with Crippen LogP contribution in [0.1, 0.15) is 37.7 Å². The third kappa shape index (κ3) is 3.82. The molecule has 0 saturated carbocycles. The van der Waals surface area contributed by atoms with Gasteiger partial charge in [-0.1, -0.05) is 39.0 Å². The Morgan fingerprint density at radius 1 is 1.38 bits per heavy atom. The molecular weight excluding hydrogens is 264 g/mol. The van der Waals surface area contributed by atoms with Crippen molar-refractivity contribution in [1.82, 2.24) is 15.1 Å². The van der Waals surface area contributed by atoms with Gasteiger partial charge in [0, 0.05) is 25.0 Å². The highest BCUT2D eigenvalue weighted by Gasteiger charge is 2.19. The van der Waals surface area contributed by atoms with E-state index in [2.05, 4.69) is 31.2 Å². The van der Waals surface area contributed by atoms with Crippen molar-refractivity contribution in [3.63, 3.8) is 0 Å². The Kier molecular flexibility index (Phi) is 4.32. The van der Waals surface area contributed by atoms with Gasteiger partial charge in [-0.2, -0.15) is 5.10 Å². The van der Waals surface area contributed by atoms with Crippen LogP contribution in [-0.2, 0) is 7.05 Å². The fourth-order valence-electron chi connectivity index (χ4n) is 2.55. The molecule has 1 amide bonds. The molecule has 0 saturated heterocycles. The molecule has 0 aliphatic carbocycles. The molecule has 114 valence electrons. The zero-order chi connectivity index (χ0) is 15.6. The SMILES string of the molecule is Cn1nc(C(=O)NCC(N)CC(C)(C)C)c2ccccc21. The maximum Gasteiger partial charge on any atom is 0.272 e. The van der Waals surface area contributed by atoms with Crippen molar-refractivity contribution in [2.75, 3.05) is 6.54 Å². The zero-order valence-electron chi connectivity index (χ0n) is 13.2. The maximum atomic E-state index is 12.3. The predicted octanol–water partition coefficient (Wildman–Crippen LogP) is 2.07. The summed E-state index contributed by atoms with van der Waals surface area (Å²) in [5.41, 5.74) is 7.62. The monoisotopic (exact) mass is 288 g/mol. The fourth-order valence-corrected chi connectivity index (χ4v) is 2.55. The first kappa shape index (κ1) is 15.5. The molecule has 1 unspecified atom stereocenters. The summed E-state index contributed by atoms with van der Waals surface area (Å²) in [5.74, 6) is -0.170. The van der Waals surface area contributed by atoms with Crippen molar-refractivity contribution >= 4 is 16.8 Å². The number of nitrogens with one attached hydrogen (secondary N) is 1. The van der Waals surface area contributed by atoms with Gasteiger partial charge < -0.3 is 11.1 Å². The van der Waals surface area contributed by atoms with Crippen molar-refractivity contribution in [3.8, 4) is 0 Å². The van der Waals surface area contributed by atoms with E-state index in [0.717, 1.165) is 17.3 Å². The topological polar surface area (TPSA) is 72.9 Å². The predicted molar refractivity (Wildman–Crippen MR) is 85.1 cm³/mol. The summed E-state index contributed by atoms with van der Waals surface area (Å²) in [6.45, 7) is 6.88. The van der Waals surface area contributed by atoms with E-state index >= 15 is 0 Å². The molecule has 21 heavy (non-hydrogen) atoms. The Morgan fingerprint density at radius 3 is 2.71 bits per heavy atom. The number of para-hydroxylation sites is 1. The summed E-state index contributed by atoms with van der Waals surface area (Å²) in [4.78, 5) is 12.3. The number of fused-ring (bicyclic) bond motifs is 1. The number of hydrogen-bond donors (Lipinski definition) is 2. The highest BCUT2D eigenvalue weighted by molar-refractivity contribution is 6.04. The molecule has 2 aromatic rings. The number of carbonyl (C=O) groups is 1. The van der Waals surface area contributed by atoms with Gasteiger partial charge in [0.2, 0.25) is 0 Å². The number of nitrogens with two attached hydrogens (primary N) is 1. The van der Waals surface area contributed by atoms with Crippen LogP contribution in [0.15, 0.2) is 24.3 Å². The Bertz CT molecular complexity index is 639. The lowest BCUT2D eigenvalue weighted by molar-refractivity contribution is 0.0944. The lowest BCUT2D eigenvalue weighted by Gasteiger charge is -2.23. The molecule has 3 N–H and O–H groups in total. The van der Waals surface area contributed by atoms with E-state index in [-0.39, 0.29) is 17.4 Å². The number of aryl methyl sites for hydroxylation is 1. The van der Waals surface area contributed by atoms with Crippen molar-refractivity contribution in [2.24, 2.45) is 18.2 Å². The van der Waals surface area contributed by atoms with Crippen LogP contribution < -0.4 is 11.1 Å². The van der Waals surface area contributed by atoms with E-state index in [1.165, 1.54) is 0 Å². The number of hydrogen-bond acceptors (Lipinski definition) is 3. The van der Waals surface area contributed by atoms with E-state index in [9.17, 15) is 4.79 Å². The molecule has 0 radical (unpaired) electrons. The smallest absolute Gasteiger partial charge is 0.272 e. The number of amides is 1. The first-order valence-electron chi connectivity index (χ1n) is 7.23. The molecule has 0 fully saturated rings. The number of carbonyl (C=O) groups excluding carboxylic acids is 1. The first-order valence-corrected chi connectivity index (χ1v) is 7.23. The second-order valence-corrected chi connectivity index (χ2v) is 6.72. The fraction of sp³-hybridized carbons (Fsp3) is 0.500. The van der Waals surface area contributed by atoms with Gasteiger partial charge in [-0.25, -0.2) is 0 Å². The summed E-state index contributed by atoms with van der Waals surface area (Å²) in [6, 6.07) is 7.65. The molecule has 2 rings (SSSR count). The van der Waals surface area contributed by atoms with Crippen LogP contribution in [0.4, 0.5) is 0 Å². The second kappa shape index (κ2) is 5.85. The van der Waals surface area contributed by atoms with Crippen LogP contribution in [-0.4, -0.2) is 28.3 Å². The van der Waals surface area contributed by atoms with Crippen molar-refractivity contribution in [3.05, 3.63) is 30.0 Å². The molecule has 0 bridgehead atoms. The van der Waals surface area contributed by atoms with E-state index in [4.69, 9.17) is 5.73 Å². The van der Waals surface area contributed by atoms with Crippen LogP contribution in [0.25, 0.3) is 10.9 Å². The minimum atomic E-state index is -0.170. The molecule has 0 spiro atoms. The molecule has 1 aromatic heterocycles. The molecule has 5 nitrogen and oxygen atoms in total. The van der Waals surface area contributed by atoms with Crippen LogP contribution in [0, 0.1) is 5.41 Å². The molecule has 0 aliphatic heterocycles. The average Bonchev–Trinajstić information content (AvgIpc) is 2.72. The molecule has 5 heteroatoms. The largest absolute Gasteiger partial charge is 0.349 e. The molecule has 1 atom stereocenters. The normalized spacial score (nSPS) is 13.4. The van der Waals surface area contributed by atoms with Gasteiger partial charge in [0.25, 0.3) is 5.91 Å². The minimum absolute atomic E-state index is 0.0519. The van der Waals surface area contributed by atoms with Crippen LogP contribution in [0.2, 0.25) is 0 Å². The van der Waals surface area contributed by atoms with Crippen molar-refractivity contribution in [1.29, 1.82) is 0 Å². The standard InChI is InChI=1S/C16H24N4O/c1-16(2,3)9-11(17)10-18-15(21)14-12-7-5-6-8-13(12)20(4)19-14/h5-8,11H,9-10,17H2,1-4H3,(H,18,21). The summed E-state index contributed by atoms with van der Waals surface area (Å²) >= 11 is 0. The average molecular weight is 288 g/mol. The second-order valence-electron chi connectivity index (χ2n) is 6.72. The lowest BCUT2D eigenvalue weighted by Crippen LogP contribution is -2.39. The number of aromatic nitrogens is 2. The Morgan fingerprint density at radius 2 is 2.05 bits per heavy atom. The molecule has 0 aliphatic rings. The highest BCUT2D eigenvalue weighted by atomic mass is 16.1. The maximum absolute atomic E-state index is 12.3. The third-order valence-electron chi connectivity index (χ3n) is 3.37. The number of nitrogens with zero attached hydrogens (tertiary/aromatic N) is 2. The van der Waals surface area contributed by atoms with Gasteiger partial charge in [0.1, 0.15) is 0 Å². The van der Waals surface area contributed by atoms with Gasteiger partial charge in [-0.15, -0.1) is 0 Å². The Labute approximate surface area is 125 Å². The third-order valence-corrected chi connectivity index (χ3v) is 3.37. The van der Waals surface area contributed by atoms with E-state index in [1.54, 1.807) is 4.68 Å². The molecule has 1 aromatic carbocycles. The van der Waals surface area contributed by atoms with Crippen molar-refractivity contribution < 1.29 is 4.79 Å². The highest BCUT2D eigenvalue weighted by Crippen LogP contribution is 2.20. The van der Waals surface area contributed by atoms with E-state index in [1.807, 2.05) is 31.3 Å². The summed E-state index contributed by atoms with van der Waals surface area (Å²) in [5, 5.41) is 8.06. The summed E-state index contributed by atoms with van der Waals surface area (Å²) < 4.78 is 1.72. The minimum Gasteiger partial charge on any atom is -0.349 e. The first-order chi connectivity index (χ1) is 9.78. The van der Waals surface area contributed by atoms with Crippen molar-refractivity contribution in [2.45, 2.75) is 33.2 Å². The molecule has 1 heterocycles. The van der Waals surface area contributed by atoms with Gasteiger partial charge in [0.15, 0.2) is 5.69 Å². The Balaban J connectivity index is 2.06. The van der Waals surface area contributed by atoms with Gasteiger partial charge in [-0.3, -0.25) is 9.48 Å². The van der Waals surface area contributed by atoms with E-state index < -0.39 is 0 Å². The quantitative estimate of drug-likeness (QED) is 0.904. The lowest BCUT2D eigenvalue weighted by atomic mass is 9.88. The van der Waals surface area contributed by atoms with Gasteiger partial charge >= 0.3 is 0 Å². The number of rotatable bonds is 4. The molecular formula is C16H24N4O. The van der Waals surface area contributed by atoms with Gasteiger partial charge in [-0.05, 0) is 17.9 Å². The van der Waals surface area contributed by atoms with Crippen LogP contribution in [0.3, 0.4) is 0 Å². The van der Waals surface area contributed by atoms with Crippen LogP contribution in [0.5, 0.6) is 0 Å². The Hall–Kier alpha value is -1.88.